The van der Waals surface area contributed by atoms with Gasteiger partial charge in [0, 0.05) is 16.6 Å². The fraction of sp³-hybridized carbons (Fsp3) is 0.217. The summed E-state index contributed by atoms with van der Waals surface area (Å²) in [7, 11) is 0. The fourth-order valence-corrected chi connectivity index (χ4v) is 4.23. The first-order valence-electron chi connectivity index (χ1n) is 9.53. The number of nitrogens with one attached hydrogen (secondary N) is 1. The van der Waals surface area contributed by atoms with Crippen LogP contribution in [0.3, 0.4) is 0 Å². The normalized spacial score (nSPS) is 14.0. The minimum Gasteiger partial charge on any atom is -0.510 e. The highest BCUT2D eigenvalue weighted by Gasteiger charge is 2.31. The van der Waals surface area contributed by atoms with Crippen LogP contribution >= 0.6 is 11.3 Å². The lowest BCUT2D eigenvalue weighted by atomic mass is 10.1. The van der Waals surface area contributed by atoms with Crippen molar-refractivity contribution < 1.29 is 9.84 Å². The molecule has 0 spiro atoms. The first-order chi connectivity index (χ1) is 14.0. The second-order valence-electron chi connectivity index (χ2n) is 7.02. The topological polar surface area (TPSA) is 69.4 Å². The third-order valence-electron chi connectivity index (χ3n) is 5.08. The maximum Gasteiger partial charge on any atom is 0.139 e. The minimum absolute atomic E-state index is 0.171. The number of rotatable bonds is 5. The monoisotopic (exact) mass is 405 g/mol. The van der Waals surface area contributed by atoms with Crippen LogP contribution in [0, 0.1) is 19.3 Å². The molecular weight excluding hydrogens is 382 g/mol. The molecule has 1 aromatic heterocycles. The van der Waals surface area contributed by atoms with Gasteiger partial charge in [-0.1, -0.05) is 12.1 Å². The lowest BCUT2D eigenvalue weighted by molar-refractivity contribution is 0.340. The van der Waals surface area contributed by atoms with Crippen LogP contribution in [0.4, 0.5) is 5.69 Å². The van der Waals surface area contributed by atoms with Gasteiger partial charge < -0.3 is 14.7 Å². The van der Waals surface area contributed by atoms with Crippen LogP contribution in [-0.4, -0.2) is 29.1 Å². The number of aryl methyl sites for hydroxylation is 2. The summed E-state index contributed by atoms with van der Waals surface area (Å²) >= 11 is 1.45. The van der Waals surface area contributed by atoms with E-state index in [4.69, 9.17) is 15.1 Å². The molecule has 29 heavy (non-hydrogen) atoms. The fourth-order valence-electron chi connectivity index (χ4n) is 3.34. The molecule has 1 aliphatic heterocycles. The maximum atomic E-state index is 10.6. The average molecular weight is 406 g/mol. The number of hydrogen-bond donors (Lipinski definition) is 2. The SMILES string of the molecule is CCOc1ccc(N2CC(O)=C(c3nc(-c4ccc(C)c(C)c4)cs3)C2=N)cc1. The van der Waals surface area contributed by atoms with Crippen LogP contribution < -0.4 is 9.64 Å². The second-order valence-corrected chi connectivity index (χ2v) is 7.88. The van der Waals surface area contributed by atoms with Gasteiger partial charge in [0.1, 0.15) is 22.4 Å². The van der Waals surface area contributed by atoms with Crippen LogP contribution in [0.25, 0.3) is 16.8 Å². The van der Waals surface area contributed by atoms with Crippen molar-refractivity contribution in [3.05, 3.63) is 69.7 Å². The molecule has 2 heterocycles. The highest BCUT2D eigenvalue weighted by molar-refractivity contribution is 7.11. The second kappa shape index (κ2) is 7.72. The Kier molecular flexibility index (Phi) is 5.11. The van der Waals surface area contributed by atoms with E-state index in [2.05, 4.69) is 32.0 Å². The molecule has 0 radical (unpaired) electrons. The Bertz CT molecular complexity index is 1100. The van der Waals surface area contributed by atoms with E-state index in [1.165, 1.54) is 22.5 Å². The third-order valence-corrected chi connectivity index (χ3v) is 5.94. The van der Waals surface area contributed by atoms with Crippen molar-refractivity contribution in [2.45, 2.75) is 20.8 Å². The lowest BCUT2D eigenvalue weighted by Gasteiger charge is -2.19. The van der Waals surface area contributed by atoms with E-state index in [0.717, 1.165) is 22.7 Å². The number of thiazole rings is 1. The van der Waals surface area contributed by atoms with Crippen LogP contribution in [-0.2, 0) is 0 Å². The average Bonchev–Trinajstić information content (AvgIpc) is 3.29. The van der Waals surface area contributed by atoms with Crippen LogP contribution in [0.2, 0.25) is 0 Å². The Labute approximate surface area is 174 Å². The van der Waals surface area contributed by atoms with Crippen molar-refractivity contribution in [3.63, 3.8) is 0 Å². The molecule has 0 saturated heterocycles. The van der Waals surface area contributed by atoms with Crippen LogP contribution in [0.15, 0.2) is 53.6 Å². The molecule has 3 aromatic rings. The van der Waals surface area contributed by atoms with Crippen molar-refractivity contribution in [1.82, 2.24) is 4.98 Å². The van der Waals surface area contributed by atoms with Gasteiger partial charge in [-0.3, -0.25) is 5.41 Å². The van der Waals surface area contributed by atoms with Crippen molar-refractivity contribution in [2.75, 3.05) is 18.1 Å². The predicted molar refractivity (Wildman–Crippen MR) is 119 cm³/mol. The van der Waals surface area contributed by atoms with Gasteiger partial charge in [-0.05, 0) is 62.2 Å². The Morgan fingerprint density at radius 3 is 2.59 bits per heavy atom. The number of amidine groups is 1. The van der Waals surface area contributed by atoms with E-state index in [0.29, 0.717) is 17.2 Å². The van der Waals surface area contributed by atoms with Crippen molar-refractivity contribution in [1.29, 1.82) is 5.41 Å². The predicted octanol–water partition coefficient (Wildman–Crippen LogP) is 5.59. The molecule has 5 nitrogen and oxygen atoms in total. The zero-order chi connectivity index (χ0) is 20.5. The molecular formula is C23H23N3O2S. The first kappa shape index (κ1) is 19.2. The summed E-state index contributed by atoms with van der Waals surface area (Å²) in [6, 6.07) is 13.8. The zero-order valence-corrected chi connectivity index (χ0v) is 17.5. The molecule has 6 heteroatoms. The van der Waals surface area contributed by atoms with Crippen molar-refractivity contribution >= 4 is 28.4 Å². The Balaban J connectivity index is 1.59. The van der Waals surface area contributed by atoms with E-state index in [1.807, 2.05) is 36.6 Å². The Hall–Kier alpha value is -3.12. The van der Waals surface area contributed by atoms with Gasteiger partial charge in [0.15, 0.2) is 0 Å². The van der Waals surface area contributed by atoms with E-state index >= 15 is 0 Å². The molecule has 2 aromatic carbocycles. The van der Waals surface area contributed by atoms with E-state index < -0.39 is 0 Å². The number of aliphatic hydroxyl groups excluding tert-OH is 1. The number of hydrogen-bond acceptors (Lipinski definition) is 5. The molecule has 0 unspecified atom stereocenters. The number of benzene rings is 2. The molecule has 0 aliphatic carbocycles. The summed E-state index contributed by atoms with van der Waals surface area (Å²) in [5, 5.41) is 21.8. The number of aliphatic hydroxyl groups is 1. The molecule has 148 valence electrons. The van der Waals surface area contributed by atoms with Gasteiger partial charge in [0.25, 0.3) is 0 Å². The summed E-state index contributed by atoms with van der Waals surface area (Å²) in [6.07, 6.45) is 0. The van der Waals surface area contributed by atoms with Crippen LogP contribution in [0.1, 0.15) is 23.1 Å². The largest absolute Gasteiger partial charge is 0.510 e. The van der Waals surface area contributed by atoms with E-state index in [-0.39, 0.29) is 18.1 Å². The van der Waals surface area contributed by atoms with Crippen molar-refractivity contribution in [2.24, 2.45) is 0 Å². The first-order valence-corrected chi connectivity index (χ1v) is 10.4. The van der Waals surface area contributed by atoms with Gasteiger partial charge in [0.05, 0.1) is 24.4 Å². The maximum absolute atomic E-state index is 10.6. The summed E-state index contributed by atoms with van der Waals surface area (Å²) in [5.41, 5.74) is 5.71. The highest BCUT2D eigenvalue weighted by Crippen LogP contribution is 2.35. The molecule has 4 rings (SSSR count). The lowest BCUT2D eigenvalue weighted by Crippen LogP contribution is -2.25. The van der Waals surface area contributed by atoms with Gasteiger partial charge >= 0.3 is 0 Å². The Morgan fingerprint density at radius 1 is 1.14 bits per heavy atom. The molecule has 0 atom stereocenters. The number of nitrogens with zero attached hydrogens (tertiary/aromatic N) is 2. The quantitative estimate of drug-likeness (QED) is 0.580. The van der Waals surface area contributed by atoms with Gasteiger partial charge in [0.2, 0.25) is 0 Å². The number of aromatic nitrogens is 1. The molecule has 0 amide bonds. The Morgan fingerprint density at radius 2 is 1.90 bits per heavy atom. The summed E-state index contributed by atoms with van der Waals surface area (Å²) in [6.45, 7) is 6.99. The number of ether oxygens (including phenoxy) is 1. The van der Waals surface area contributed by atoms with E-state index in [9.17, 15) is 5.11 Å². The molecule has 0 saturated carbocycles. The molecule has 0 bridgehead atoms. The van der Waals surface area contributed by atoms with Gasteiger partial charge in [-0.2, -0.15) is 0 Å². The van der Waals surface area contributed by atoms with Gasteiger partial charge in [-0.15, -0.1) is 11.3 Å². The standard InChI is InChI=1S/C23H23N3O2S/c1-4-28-18-9-7-17(8-10-18)26-12-20(27)21(22(26)24)23-25-19(13-29-23)16-6-5-14(2)15(3)11-16/h5-11,13,24,27H,4,12H2,1-3H3. The molecule has 1 aliphatic rings. The highest BCUT2D eigenvalue weighted by atomic mass is 32.1. The minimum atomic E-state index is 0.171. The number of anilines is 1. The molecule has 0 fully saturated rings. The summed E-state index contributed by atoms with van der Waals surface area (Å²) in [4.78, 5) is 6.49. The van der Waals surface area contributed by atoms with Gasteiger partial charge in [-0.25, -0.2) is 4.98 Å². The third kappa shape index (κ3) is 3.63. The van der Waals surface area contributed by atoms with Crippen LogP contribution in [0.5, 0.6) is 5.75 Å². The summed E-state index contributed by atoms with van der Waals surface area (Å²) < 4.78 is 5.48. The summed E-state index contributed by atoms with van der Waals surface area (Å²) in [5.74, 6) is 1.22. The van der Waals surface area contributed by atoms with E-state index in [1.54, 1.807) is 4.90 Å². The zero-order valence-electron chi connectivity index (χ0n) is 16.7. The molecule has 2 N–H and O–H groups in total. The van der Waals surface area contributed by atoms with Crippen molar-refractivity contribution in [3.8, 4) is 17.0 Å². The smallest absolute Gasteiger partial charge is 0.139 e.